The van der Waals surface area contributed by atoms with Gasteiger partial charge in [-0.2, -0.15) is 5.10 Å². The summed E-state index contributed by atoms with van der Waals surface area (Å²) < 4.78 is 8.32. The summed E-state index contributed by atoms with van der Waals surface area (Å²) in [5.74, 6) is -0.105. The summed E-state index contributed by atoms with van der Waals surface area (Å²) in [6.07, 6.45) is 1.86. The van der Waals surface area contributed by atoms with E-state index in [0.717, 1.165) is 48.2 Å². The highest BCUT2D eigenvalue weighted by atomic mass is 32.1. The average Bonchev–Trinajstić information content (AvgIpc) is 3.36. The largest absolute Gasteiger partial charge is 0.379 e. The van der Waals surface area contributed by atoms with Crippen LogP contribution in [-0.2, 0) is 4.74 Å². The third kappa shape index (κ3) is 4.09. The summed E-state index contributed by atoms with van der Waals surface area (Å²) in [6.45, 7) is 8.73. The molecule has 1 amide bonds. The van der Waals surface area contributed by atoms with Crippen molar-refractivity contribution in [2.24, 2.45) is 0 Å². The van der Waals surface area contributed by atoms with E-state index in [-0.39, 0.29) is 11.9 Å². The molecule has 1 aliphatic rings. The standard InChI is InChI=1S/C20H25N5O2S/c1-15(2)25-8-7-17(22-25)19(26)24(10-9-23-11-13-27-14-12-23)20-21-16-5-3-4-6-18(16)28-20/h3-8,15H,9-14H2,1-2H3. The highest BCUT2D eigenvalue weighted by molar-refractivity contribution is 7.22. The number of amides is 1. The van der Waals surface area contributed by atoms with Gasteiger partial charge in [-0.15, -0.1) is 0 Å². The number of hydrogen-bond acceptors (Lipinski definition) is 6. The number of anilines is 1. The van der Waals surface area contributed by atoms with Gasteiger partial charge in [-0.3, -0.25) is 19.3 Å². The number of carbonyl (C=O) groups excluding carboxylic acids is 1. The molecule has 148 valence electrons. The smallest absolute Gasteiger partial charge is 0.280 e. The van der Waals surface area contributed by atoms with Gasteiger partial charge in [0.25, 0.3) is 5.91 Å². The maximum Gasteiger partial charge on any atom is 0.280 e. The van der Waals surface area contributed by atoms with Gasteiger partial charge in [0.2, 0.25) is 0 Å². The predicted molar refractivity (Wildman–Crippen MR) is 111 cm³/mol. The summed E-state index contributed by atoms with van der Waals surface area (Å²) in [6, 6.07) is 9.98. The molecule has 0 aliphatic carbocycles. The van der Waals surface area contributed by atoms with Crippen LogP contribution in [0.15, 0.2) is 36.5 Å². The van der Waals surface area contributed by atoms with E-state index in [9.17, 15) is 4.79 Å². The molecule has 0 atom stereocenters. The van der Waals surface area contributed by atoms with Crippen LogP contribution in [0, 0.1) is 0 Å². The Morgan fingerprint density at radius 1 is 1.25 bits per heavy atom. The Balaban J connectivity index is 1.60. The lowest BCUT2D eigenvalue weighted by Gasteiger charge is -2.29. The van der Waals surface area contributed by atoms with Crippen LogP contribution in [0.2, 0.25) is 0 Å². The van der Waals surface area contributed by atoms with Crippen molar-refractivity contribution in [3.8, 4) is 0 Å². The lowest BCUT2D eigenvalue weighted by atomic mass is 10.3. The summed E-state index contributed by atoms with van der Waals surface area (Å²) in [4.78, 5) is 22.1. The van der Waals surface area contributed by atoms with Crippen molar-refractivity contribution < 1.29 is 9.53 Å². The fourth-order valence-electron chi connectivity index (χ4n) is 3.20. The first-order valence-electron chi connectivity index (χ1n) is 9.64. The summed E-state index contributed by atoms with van der Waals surface area (Å²) in [5.41, 5.74) is 1.37. The Kier molecular flexibility index (Phi) is 5.70. The maximum atomic E-state index is 13.3. The minimum absolute atomic E-state index is 0.105. The molecule has 8 heteroatoms. The fourth-order valence-corrected chi connectivity index (χ4v) is 4.19. The van der Waals surface area contributed by atoms with E-state index >= 15 is 0 Å². The molecule has 0 radical (unpaired) electrons. The van der Waals surface area contributed by atoms with Crippen LogP contribution in [0.3, 0.4) is 0 Å². The number of thiazole rings is 1. The number of benzene rings is 1. The first-order chi connectivity index (χ1) is 13.6. The summed E-state index contributed by atoms with van der Waals surface area (Å²) >= 11 is 1.54. The molecule has 7 nitrogen and oxygen atoms in total. The van der Waals surface area contributed by atoms with Crippen LogP contribution < -0.4 is 4.90 Å². The number of aromatic nitrogens is 3. The summed E-state index contributed by atoms with van der Waals surface area (Å²) in [7, 11) is 0. The van der Waals surface area contributed by atoms with Crippen molar-refractivity contribution >= 4 is 32.6 Å². The van der Waals surface area contributed by atoms with E-state index < -0.39 is 0 Å². The molecule has 1 aliphatic heterocycles. The number of nitrogens with zero attached hydrogens (tertiary/aromatic N) is 5. The first-order valence-corrected chi connectivity index (χ1v) is 10.5. The molecule has 0 bridgehead atoms. The Hall–Kier alpha value is -2.29. The van der Waals surface area contributed by atoms with Gasteiger partial charge < -0.3 is 4.74 Å². The minimum atomic E-state index is -0.105. The van der Waals surface area contributed by atoms with Gasteiger partial charge in [0, 0.05) is 38.4 Å². The van der Waals surface area contributed by atoms with E-state index in [0.29, 0.717) is 12.2 Å². The Labute approximate surface area is 168 Å². The molecule has 0 spiro atoms. The van der Waals surface area contributed by atoms with E-state index in [1.807, 2.05) is 49.0 Å². The van der Waals surface area contributed by atoms with Crippen molar-refractivity contribution in [3.63, 3.8) is 0 Å². The number of morpholine rings is 1. The van der Waals surface area contributed by atoms with Gasteiger partial charge >= 0.3 is 0 Å². The van der Waals surface area contributed by atoms with Gasteiger partial charge in [-0.1, -0.05) is 23.5 Å². The van der Waals surface area contributed by atoms with E-state index in [1.165, 1.54) is 0 Å². The fraction of sp³-hybridized carbons (Fsp3) is 0.450. The monoisotopic (exact) mass is 399 g/mol. The zero-order chi connectivity index (χ0) is 19.5. The molecule has 0 N–H and O–H groups in total. The summed E-state index contributed by atoms with van der Waals surface area (Å²) in [5, 5.41) is 5.19. The molecule has 4 rings (SSSR count). The molecule has 3 heterocycles. The second-order valence-corrected chi connectivity index (χ2v) is 8.16. The quantitative estimate of drug-likeness (QED) is 0.637. The van der Waals surface area contributed by atoms with E-state index in [1.54, 1.807) is 22.3 Å². The molecular formula is C20H25N5O2S. The first kappa shape index (κ1) is 19.0. The number of hydrogen-bond donors (Lipinski definition) is 0. The third-order valence-electron chi connectivity index (χ3n) is 4.86. The van der Waals surface area contributed by atoms with Gasteiger partial charge in [0.1, 0.15) is 0 Å². The van der Waals surface area contributed by atoms with Gasteiger partial charge in [0.05, 0.1) is 23.4 Å². The second kappa shape index (κ2) is 8.38. The van der Waals surface area contributed by atoms with Crippen LogP contribution in [0.4, 0.5) is 5.13 Å². The number of rotatable bonds is 6. The van der Waals surface area contributed by atoms with E-state index in [4.69, 9.17) is 9.72 Å². The molecule has 1 aromatic carbocycles. The molecule has 2 aromatic heterocycles. The maximum absolute atomic E-state index is 13.3. The zero-order valence-electron chi connectivity index (χ0n) is 16.2. The minimum Gasteiger partial charge on any atom is -0.379 e. The molecule has 3 aromatic rings. The molecule has 1 saturated heterocycles. The second-order valence-electron chi connectivity index (χ2n) is 7.15. The highest BCUT2D eigenvalue weighted by Crippen LogP contribution is 2.29. The van der Waals surface area contributed by atoms with Crippen molar-refractivity contribution in [2.75, 3.05) is 44.3 Å². The van der Waals surface area contributed by atoms with Gasteiger partial charge in [-0.25, -0.2) is 4.98 Å². The van der Waals surface area contributed by atoms with Crippen LogP contribution in [0.5, 0.6) is 0 Å². The van der Waals surface area contributed by atoms with Gasteiger partial charge in [0.15, 0.2) is 10.8 Å². The van der Waals surface area contributed by atoms with Crippen molar-refractivity contribution in [2.45, 2.75) is 19.9 Å². The predicted octanol–water partition coefficient (Wildman–Crippen LogP) is 3.05. The van der Waals surface area contributed by atoms with Crippen molar-refractivity contribution in [1.29, 1.82) is 0 Å². The third-order valence-corrected chi connectivity index (χ3v) is 5.92. The molecule has 0 unspecified atom stereocenters. The average molecular weight is 400 g/mol. The SMILES string of the molecule is CC(C)n1ccc(C(=O)N(CCN2CCOCC2)c2nc3ccccc3s2)n1. The topological polar surface area (TPSA) is 63.5 Å². The molecule has 0 saturated carbocycles. The van der Waals surface area contributed by atoms with Crippen LogP contribution in [0.25, 0.3) is 10.2 Å². The Morgan fingerprint density at radius 3 is 2.75 bits per heavy atom. The molecular weight excluding hydrogens is 374 g/mol. The van der Waals surface area contributed by atoms with Gasteiger partial charge in [-0.05, 0) is 32.0 Å². The lowest BCUT2D eigenvalue weighted by molar-refractivity contribution is 0.0391. The van der Waals surface area contributed by atoms with Crippen molar-refractivity contribution in [3.05, 3.63) is 42.2 Å². The number of fused-ring (bicyclic) bond motifs is 1. The Bertz CT molecular complexity index is 912. The number of para-hydroxylation sites is 1. The molecule has 28 heavy (non-hydrogen) atoms. The van der Waals surface area contributed by atoms with Crippen molar-refractivity contribution in [1.82, 2.24) is 19.7 Å². The number of carbonyl (C=O) groups is 1. The van der Waals surface area contributed by atoms with Crippen LogP contribution >= 0.6 is 11.3 Å². The Morgan fingerprint density at radius 2 is 2.04 bits per heavy atom. The zero-order valence-corrected chi connectivity index (χ0v) is 17.1. The number of ether oxygens (including phenoxy) is 1. The normalized spacial score (nSPS) is 15.4. The lowest BCUT2D eigenvalue weighted by Crippen LogP contribution is -2.43. The van der Waals surface area contributed by atoms with E-state index in [2.05, 4.69) is 10.00 Å². The molecule has 1 fully saturated rings. The van der Waals surface area contributed by atoms with Crippen LogP contribution in [0.1, 0.15) is 30.4 Å². The highest BCUT2D eigenvalue weighted by Gasteiger charge is 2.24. The van der Waals surface area contributed by atoms with Crippen LogP contribution in [-0.4, -0.2) is 65.0 Å².